The van der Waals surface area contributed by atoms with Crippen molar-refractivity contribution in [2.45, 2.75) is 50.7 Å². The first-order valence-corrected chi connectivity index (χ1v) is 10.5. The molecule has 2 atom stereocenters. The fourth-order valence-electron chi connectivity index (χ4n) is 4.11. The highest BCUT2D eigenvalue weighted by molar-refractivity contribution is 7.97. The molecule has 2 N–H and O–H groups in total. The summed E-state index contributed by atoms with van der Waals surface area (Å²) in [7, 11) is 0. The van der Waals surface area contributed by atoms with E-state index in [0.29, 0.717) is 5.52 Å². The van der Waals surface area contributed by atoms with Crippen molar-refractivity contribution in [3.63, 3.8) is 0 Å². The van der Waals surface area contributed by atoms with Crippen molar-refractivity contribution in [1.82, 2.24) is 18.8 Å². The molecule has 0 bridgehead atoms. The van der Waals surface area contributed by atoms with E-state index in [9.17, 15) is 19.5 Å². The van der Waals surface area contributed by atoms with Crippen molar-refractivity contribution >= 4 is 29.0 Å². The largest absolute Gasteiger partial charge is 0.480 e. The Bertz CT molecular complexity index is 1280. The first-order chi connectivity index (χ1) is 14.3. The first-order valence-electron chi connectivity index (χ1n) is 9.69. The van der Waals surface area contributed by atoms with Crippen LogP contribution in [0.5, 0.6) is 0 Å². The van der Waals surface area contributed by atoms with Crippen LogP contribution in [0.15, 0.2) is 44.9 Å². The molecule has 30 heavy (non-hydrogen) atoms. The number of carboxylic acids is 1. The number of aliphatic carboxylic acids is 1. The van der Waals surface area contributed by atoms with Crippen LogP contribution in [0.4, 0.5) is 0 Å². The summed E-state index contributed by atoms with van der Waals surface area (Å²) in [5.41, 5.74) is 2.55. The highest BCUT2D eigenvalue weighted by Crippen LogP contribution is 2.38. The van der Waals surface area contributed by atoms with E-state index >= 15 is 0 Å². The molecule has 4 rings (SSSR count). The van der Waals surface area contributed by atoms with Gasteiger partial charge in [-0.15, -0.1) is 0 Å². The number of carbonyl (C=O) groups is 1. The van der Waals surface area contributed by atoms with E-state index in [2.05, 4.69) is 21.8 Å². The zero-order chi connectivity index (χ0) is 21.6. The third-order valence-electron chi connectivity index (χ3n) is 5.44. The standard InChI is InChI=1S/C21H22N4O4S/c1-4-14(20(27)28)25-19(26)18-15(6-5-7-22-18)24(21(25)29)10-13-17-12(3)8-11(2)9-16(17)30-23-13/h5-9,13-14,23H,4,10H2,1-3H3,(H,27,28). The number of benzene rings is 1. The van der Waals surface area contributed by atoms with Crippen molar-refractivity contribution in [3.05, 3.63) is 68.0 Å². The molecule has 1 aliphatic heterocycles. The van der Waals surface area contributed by atoms with Gasteiger partial charge < -0.3 is 5.11 Å². The van der Waals surface area contributed by atoms with Crippen LogP contribution in [0, 0.1) is 13.8 Å². The van der Waals surface area contributed by atoms with E-state index in [4.69, 9.17) is 0 Å². The van der Waals surface area contributed by atoms with E-state index in [0.717, 1.165) is 26.2 Å². The molecule has 3 heterocycles. The van der Waals surface area contributed by atoms with Crippen molar-refractivity contribution < 1.29 is 9.90 Å². The lowest BCUT2D eigenvalue weighted by Crippen LogP contribution is -2.45. The number of carboxylic acid groups (broad SMARTS) is 1. The Morgan fingerprint density at radius 3 is 2.80 bits per heavy atom. The van der Waals surface area contributed by atoms with Gasteiger partial charge in [0.2, 0.25) is 0 Å². The lowest BCUT2D eigenvalue weighted by molar-refractivity contribution is -0.141. The number of fused-ring (bicyclic) bond motifs is 2. The van der Waals surface area contributed by atoms with Gasteiger partial charge in [0, 0.05) is 17.6 Å². The minimum absolute atomic E-state index is 0.0864. The van der Waals surface area contributed by atoms with Crippen molar-refractivity contribution in [3.8, 4) is 0 Å². The van der Waals surface area contributed by atoms with Gasteiger partial charge in [-0.1, -0.05) is 13.0 Å². The maximum absolute atomic E-state index is 13.3. The maximum Gasteiger partial charge on any atom is 0.332 e. The number of aryl methyl sites for hydroxylation is 2. The van der Waals surface area contributed by atoms with Crippen LogP contribution < -0.4 is 16.0 Å². The topological polar surface area (TPSA) is 106 Å². The van der Waals surface area contributed by atoms with Gasteiger partial charge in [0.05, 0.1) is 11.6 Å². The second-order valence-electron chi connectivity index (χ2n) is 7.47. The van der Waals surface area contributed by atoms with E-state index < -0.39 is 23.3 Å². The van der Waals surface area contributed by atoms with Crippen LogP contribution >= 0.6 is 11.9 Å². The smallest absolute Gasteiger partial charge is 0.332 e. The molecule has 0 fully saturated rings. The van der Waals surface area contributed by atoms with Crippen molar-refractivity contribution in [1.29, 1.82) is 0 Å². The number of rotatable bonds is 5. The summed E-state index contributed by atoms with van der Waals surface area (Å²) in [6.07, 6.45) is 1.58. The quantitative estimate of drug-likeness (QED) is 0.604. The molecular weight excluding hydrogens is 404 g/mol. The van der Waals surface area contributed by atoms with Gasteiger partial charge >= 0.3 is 11.7 Å². The van der Waals surface area contributed by atoms with Gasteiger partial charge in [-0.05, 0) is 67.1 Å². The highest BCUT2D eigenvalue weighted by atomic mass is 32.2. The summed E-state index contributed by atoms with van der Waals surface area (Å²) in [4.78, 5) is 43.3. The fraction of sp³-hybridized carbons (Fsp3) is 0.333. The average Bonchev–Trinajstić information content (AvgIpc) is 3.10. The molecule has 0 spiro atoms. The Hall–Kier alpha value is -2.91. The summed E-state index contributed by atoms with van der Waals surface area (Å²) >= 11 is 1.51. The van der Waals surface area contributed by atoms with Gasteiger partial charge in [-0.2, -0.15) is 0 Å². The van der Waals surface area contributed by atoms with Crippen LogP contribution in [-0.2, 0) is 11.3 Å². The summed E-state index contributed by atoms with van der Waals surface area (Å²) in [5, 5.41) is 9.57. The SMILES string of the molecule is CCC(C(=O)O)n1c(=O)c2ncccc2n(CC2NSc3cc(C)cc(C)c32)c1=O. The van der Waals surface area contributed by atoms with Gasteiger partial charge in [0.15, 0.2) is 5.52 Å². The Morgan fingerprint density at radius 2 is 2.10 bits per heavy atom. The monoisotopic (exact) mass is 426 g/mol. The minimum atomic E-state index is -1.25. The number of pyridine rings is 1. The van der Waals surface area contributed by atoms with Gasteiger partial charge in [-0.25, -0.2) is 19.1 Å². The lowest BCUT2D eigenvalue weighted by atomic mass is 9.99. The molecule has 8 nitrogen and oxygen atoms in total. The molecule has 0 radical (unpaired) electrons. The van der Waals surface area contributed by atoms with Crippen molar-refractivity contribution in [2.24, 2.45) is 0 Å². The highest BCUT2D eigenvalue weighted by Gasteiger charge is 2.29. The fourth-order valence-corrected chi connectivity index (χ4v) is 5.23. The minimum Gasteiger partial charge on any atom is -0.480 e. The molecule has 0 aliphatic carbocycles. The molecule has 9 heteroatoms. The van der Waals surface area contributed by atoms with E-state index in [1.807, 2.05) is 13.8 Å². The van der Waals surface area contributed by atoms with E-state index in [-0.39, 0.29) is 24.5 Å². The summed E-state index contributed by atoms with van der Waals surface area (Å²) in [6, 6.07) is 6.12. The zero-order valence-electron chi connectivity index (χ0n) is 16.9. The first kappa shape index (κ1) is 20.4. The number of hydrogen-bond acceptors (Lipinski definition) is 6. The van der Waals surface area contributed by atoms with Crippen LogP contribution in [0.2, 0.25) is 0 Å². The predicted molar refractivity (Wildman–Crippen MR) is 115 cm³/mol. The molecule has 1 aliphatic rings. The summed E-state index contributed by atoms with van der Waals surface area (Å²) in [6.45, 7) is 5.96. The molecule has 1 aromatic carbocycles. The van der Waals surface area contributed by atoms with Gasteiger partial charge in [-0.3, -0.25) is 14.1 Å². The van der Waals surface area contributed by atoms with Crippen molar-refractivity contribution in [2.75, 3.05) is 0 Å². The normalized spacial score (nSPS) is 16.6. The number of aromatic nitrogens is 3. The van der Waals surface area contributed by atoms with Crippen LogP contribution in [0.1, 0.15) is 42.1 Å². The van der Waals surface area contributed by atoms with Gasteiger partial charge in [0.1, 0.15) is 6.04 Å². The molecule has 0 saturated carbocycles. The maximum atomic E-state index is 13.3. The molecule has 3 aromatic rings. The van der Waals surface area contributed by atoms with Crippen LogP contribution in [0.25, 0.3) is 11.0 Å². The molecule has 0 saturated heterocycles. The predicted octanol–water partition coefficient (Wildman–Crippen LogP) is 2.56. The Kier molecular flexibility index (Phi) is 5.25. The Labute approximate surface area is 176 Å². The molecular formula is C21H22N4O4S. The molecule has 156 valence electrons. The lowest BCUT2D eigenvalue weighted by Gasteiger charge is -2.20. The second-order valence-corrected chi connectivity index (χ2v) is 8.35. The van der Waals surface area contributed by atoms with E-state index in [1.165, 1.54) is 22.7 Å². The molecule has 2 unspecified atom stereocenters. The Balaban J connectivity index is 1.92. The second kappa shape index (κ2) is 7.73. The van der Waals surface area contributed by atoms with Crippen LogP contribution in [0.3, 0.4) is 0 Å². The summed E-state index contributed by atoms with van der Waals surface area (Å²) in [5.74, 6) is -1.22. The third kappa shape index (κ3) is 3.23. The summed E-state index contributed by atoms with van der Waals surface area (Å²) < 4.78 is 5.65. The zero-order valence-corrected chi connectivity index (χ0v) is 17.7. The number of hydrogen-bond donors (Lipinski definition) is 2. The van der Waals surface area contributed by atoms with Gasteiger partial charge in [0.25, 0.3) is 5.56 Å². The number of nitrogens with one attached hydrogen (secondary N) is 1. The van der Waals surface area contributed by atoms with E-state index in [1.54, 1.807) is 19.1 Å². The molecule has 2 aromatic heterocycles. The average molecular weight is 426 g/mol. The molecule has 0 amide bonds. The number of nitrogens with zero attached hydrogens (tertiary/aromatic N) is 3. The Morgan fingerprint density at radius 1 is 1.33 bits per heavy atom. The third-order valence-corrected chi connectivity index (χ3v) is 6.40. The van der Waals surface area contributed by atoms with Crippen LogP contribution in [-0.4, -0.2) is 25.2 Å².